The van der Waals surface area contributed by atoms with E-state index in [4.69, 9.17) is 4.74 Å². The predicted molar refractivity (Wildman–Crippen MR) is 96.6 cm³/mol. The van der Waals surface area contributed by atoms with Crippen LogP contribution in [0.5, 0.6) is 5.75 Å². The summed E-state index contributed by atoms with van der Waals surface area (Å²) < 4.78 is 5.70. The first kappa shape index (κ1) is 17.3. The number of aryl methyl sites for hydroxylation is 2. The van der Waals surface area contributed by atoms with Gasteiger partial charge in [-0.1, -0.05) is 12.1 Å². The minimum absolute atomic E-state index is 0.593. The van der Waals surface area contributed by atoms with Gasteiger partial charge in [-0.05, 0) is 31.5 Å². The second kappa shape index (κ2) is 9.15. The van der Waals surface area contributed by atoms with E-state index in [1.165, 1.54) is 10.4 Å². The summed E-state index contributed by atoms with van der Waals surface area (Å²) >= 11 is 1.74. The summed E-state index contributed by atoms with van der Waals surface area (Å²) in [5.41, 5.74) is 1.20. The number of nitrogens with zero attached hydrogens (tertiary/aromatic N) is 2. The van der Waals surface area contributed by atoms with Crippen LogP contribution in [0.4, 0.5) is 0 Å². The first-order chi connectivity index (χ1) is 11.2. The monoisotopic (exact) mass is 332 g/mol. The molecule has 0 spiro atoms. The highest BCUT2D eigenvalue weighted by Gasteiger charge is 2.01. The number of hydrogen-bond donors (Lipinski definition) is 2. The lowest BCUT2D eigenvalue weighted by atomic mass is 10.2. The second-order valence-corrected chi connectivity index (χ2v) is 6.52. The van der Waals surface area contributed by atoms with Crippen LogP contribution in [0.3, 0.4) is 0 Å². The van der Waals surface area contributed by atoms with Crippen LogP contribution in [0.25, 0.3) is 0 Å². The molecule has 0 aliphatic heterocycles. The first-order valence-electron chi connectivity index (χ1n) is 7.72. The van der Waals surface area contributed by atoms with Gasteiger partial charge in [0.1, 0.15) is 12.4 Å². The van der Waals surface area contributed by atoms with Gasteiger partial charge in [-0.25, -0.2) is 4.98 Å². The van der Waals surface area contributed by atoms with E-state index >= 15 is 0 Å². The fraction of sp³-hybridized carbons (Fsp3) is 0.412. The molecule has 0 unspecified atom stereocenters. The molecule has 0 fully saturated rings. The molecule has 2 aromatic rings. The molecule has 0 aliphatic rings. The molecule has 1 aromatic carbocycles. The van der Waals surface area contributed by atoms with E-state index in [1.807, 2.05) is 24.4 Å². The maximum absolute atomic E-state index is 5.70. The zero-order chi connectivity index (χ0) is 16.5. The largest absolute Gasteiger partial charge is 0.492 e. The normalized spacial score (nSPS) is 11.3. The molecule has 0 saturated carbocycles. The summed E-state index contributed by atoms with van der Waals surface area (Å²) in [5.74, 6) is 1.68. The molecule has 2 N–H and O–H groups in total. The van der Waals surface area contributed by atoms with Gasteiger partial charge in [0.05, 0.1) is 11.6 Å². The average molecular weight is 332 g/mol. The maximum Gasteiger partial charge on any atom is 0.191 e. The Labute approximate surface area is 141 Å². The third-order valence-corrected chi connectivity index (χ3v) is 4.15. The van der Waals surface area contributed by atoms with Gasteiger partial charge in [-0.15, -0.1) is 11.3 Å². The van der Waals surface area contributed by atoms with Gasteiger partial charge < -0.3 is 15.4 Å². The summed E-state index contributed by atoms with van der Waals surface area (Å²) in [6.07, 6.45) is 2.81. The van der Waals surface area contributed by atoms with Crippen LogP contribution < -0.4 is 15.4 Å². The van der Waals surface area contributed by atoms with Crippen molar-refractivity contribution in [2.45, 2.75) is 20.3 Å². The minimum atomic E-state index is 0.593. The number of rotatable bonds is 7. The van der Waals surface area contributed by atoms with E-state index in [2.05, 4.69) is 40.5 Å². The van der Waals surface area contributed by atoms with Gasteiger partial charge in [-0.3, -0.25) is 4.99 Å². The molecule has 0 aliphatic carbocycles. The highest BCUT2D eigenvalue weighted by Crippen LogP contribution is 2.12. The van der Waals surface area contributed by atoms with E-state index in [0.29, 0.717) is 13.2 Å². The standard InChI is InChI=1S/C17H24N4OS/c1-13-5-4-6-15(11-13)22-10-9-20-17(18-3)19-8-7-16-21-12-14(2)23-16/h4-6,11-12H,7-10H2,1-3H3,(H2,18,19,20). The second-order valence-electron chi connectivity index (χ2n) is 5.21. The van der Waals surface area contributed by atoms with E-state index < -0.39 is 0 Å². The Bertz CT molecular complexity index is 639. The van der Waals surface area contributed by atoms with E-state index in [1.54, 1.807) is 18.4 Å². The van der Waals surface area contributed by atoms with Crippen molar-refractivity contribution in [3.63, 3.8) is 0 Å². The zero-order valence-corrected chi connectivity index (χ0v) is 14.7. The Kier molecular flexibility index (Phi) is 6.87. The number of guanidine groups is 1. The molecule has 5 nitrogen and oxygen atoms in total. The highest BCUT2D eigenvalue weighted by molar-refractivity contribution is 7.11. The van der Waals surface area contributed by atoms with Crippen LogP contribution >= 0.6 is 11.3 Å². The fourth-order valence-electron chi connectivity index (χ4n) is 2.07. The van der Waals surface area contributed by atoms with Crippen LogP contribution in [-0.4, -0.2) is 37.7 Å². The van der Waals surface area contributed by atoms with Crippen molar-refractivity contribution in [3.05, 3.63) is 45.9 Å². The lowest BCUT2D eigenvalue weighted by Crippen LogP contribution is -2.40. The Balaban J connectivity index is 1.63. The Morgan fingerprint density at radius 2 is 2.09 bits per heavy atom. The maximum atomic E-state index is 5.70. The van der Waals surface area contributed by atoms with Gasteiger partial charge in [0, 0.05) is 31.1 Å². The molecule has 1 aromatic heterocycles. The first-order valence-corrected chi connectivity index (χ1v) is 8.54. The molecule has 6 heteroatoms. The zero-order valence-electron chi connectivity index (χ0n) is 13.9. The number of nitrogens with one attached hydrogen (secondary N) is 2. The molecule has 0 saturated heterocycles. The smallest absolute Gasteiger partial charge is 0.191 e. The fourth-order valence-corrected chi connectivity index (χ4v) is 2.86. The van der Waals surface area contributed by atoms with E-state index in [9.17, 15) is 0 Å². The Morgan fingerprint density at radius 1 is 1.26 bits per heavy atom. The van der Waals surface area contributed by atoms with Crippen LogP contribution in [0.1, 0.15) is 15.4 Å². The summed E-state index contributed by atoms with van der Waals surface area (Å²) in [7, 11) is 1.77. The van der Waals surface area contributed by atoms with Gasteiger partial charge >= 0.3 is 0 Å². The molecule has 0 atom stereocenters. The molecule has 2 rings (SSSR count). The summed E-state index contributed by atoms with van der Waals surface area (Å²) in [4.78, 5) is 9.80. The van der Waals surface area contributed by atoms with Gasteiger partial charge in [0.25, 0.3) is 0 Å². The topological polar surface area (TPSA) is 58.5 Å². The average Bonchev–Trinajstić information content (AvgIpc) is 2.95. The van der Waals surface area contributed by atoms with Crippen molar-refractivity contribution < 1.29 is 4.74 Å². The number of hydrogen-bond acceptors (Lipinski definition) is 4. The molecule has 0 radical (unpaired) electrons. The van der Waals surface area contributed by atoms with Gasteiger partial charge in [0.2, 0.25) is 0 Å². The summed E-state index contributed by atoms with van der Waals surface area (Å²) in [6.45, 7) is 6.23. The number of benzene rings is 1. The highest BCUT2D eigenvalue weighted by atomic mass is 32.1. The van der Waals surface area contributed by atoms with Crippen molar-refractivity contribution in [1.82, 2.24) is 15.6 Å². The number of ether oxygens (including phenoxy) is 1. The van der Waals surface area contributed by atoms with Crippen molar-refractivity contribution in [2.24, 2.45) is 4.99 Å². The minimum Gasteiger partial charge on any atom is -0.492 e. The molecular formula is C17H24N4OS. The lowest BCUT2D eigenvalue weighted by Gasteiger charge is -2.12. The predicted octanol–water partition coefficient (Wildman–Crippen LogP) is 2.55. The third-order valence-electron chi connectivity index (χ3n) is 3.18. The van der Waals surface area contributed by atoms with Crippen molar-refractivity contribution in [2.75, 3.05) is 26.7 Å². The Hall–Kier alpha value is -2.08. The Morgan fingerprint density at radius 3 is 2.78 bits per heavy atom. The van der Waals surface area contributed by atoms with E-state index in [-0.39, 0.29) is 0 Å². The third kappa shape index (κ3) is 6.28. The molecule has 124 valence electrons. The number of aliphatic imine (C=N–C) groups is 1. The van der Waals surface area contributed by atoms with Crippen LogP contribution in [0.15, 0.2) is 35.5 Å². The SMILES string of the molecule is CN=C(NCCOc1cccc(C)c1)NCCc1ncc(C)s1. The van der Waals surface area contributed by atoms with Crippen molar-refractivity contribution >= 4 is 17.3 Å². The molecule has 0 amide bonds. The van der Waals surface area contributed by atoms with E-state index in [0.717, 1.165) is 29.7 Å². The van der Waals surface area contributed by atoms with Crippen LogP contribution in [-0.2, 0) is 6.42 Å². The number of thiazole rings is 1. The summed E-state index contributed by atoms with van der Waals surface area (Å²) in [6, 6.07) is 8.05. The quantitative estimate of drug-likeness (QED) is 0.465. The molecule has 0 bridgehead atoms. The number of aromatic nitrogens is 1. The van der Waals surface area contributed by atoms with Crippen LogP contribution in [0.2, 0.25) is 0 Å². The van der Waals surface area contributed by atoms with Gasteiger partial charge in [0.15, 0.2) is 5.96 Å². The van der Waals surface area contributed by atoms with Crippen molar-refractivity contribution in [1.29, 1.82) is 0 Å². The molecule has 1 heterocycles. The van der Waals surface area contributed by atoms with Crippen LogP contribution in [0, 0.1) is 13.8 Å². The van der Waals surface area contributed by atoms with Gasteiger partial charge in [-0.2, -0.15) is 0 Å². The lowest BCUT2D eigenvalue weighted by molar-refractivity contribution is 0.321. The molecule has 23 heavy (non-hydrogen) atoms. The molecular weight excluding hydrogens is 308 g/mol. The van der Waals surface area contributed by atoms with Crippen molar-refractivity contribution in [3.8, 4) is 5.75 Å². The summed E-state index contributed by atoms with van der Waals surface area (Å²) in [5, 5.41) is 7.67.